The van der Waals surface area contributed by atoms with Crippen molar-refractivity contribution in [3.8, 4) is 0 Å². The zero-order valence-electron chi connectivity index (χ0n) is 10.2. The van der Waals surface area contributed by atoms with Crippen LogP contribution in [0.25, 0.3) is 0 Å². The zero-order valence-corrected chi connectivity index (χ0v) is 11.8. The largest absolute Gasteiger partial charge is 0.325 e. The number of nitrogens with one attached hydrogen (secondary N) is 1. The smallest absolute Gasteiger partial charge is 0.234 e. The van der Waals surface area contributed by atoms with Crippen molar-refractivity contribution in [2.24, 2.45) is 0 Å². The summed E-state index contributed by atoms with van der Waals surface area (Å²) in [6.07, 6.45) is 0. The molecule has 8 heteroatoms. The molecule has 2 aromatic rings. The Kier molecular flexibility index (Phi) is 4.75. The van der Waals surface area contributed by atoms with Crippen molar-refractivity contribution in [1.29, 1.82) is 0 Å². The number of hydrogen-bond donors (Lipinski definition) is 1. The summed E-state index contributed by atoms with van der Waals surface area (Å²) in [6.45, 7) is 2.61. The van der Waals surface area contributed by atoms with Crippen molar-refractivity contribution in [2.75, 3.05) is 11.1 Å². The summed E-state index contributed by atoms with van der Waals surface area (Å²) in [5.41, 5.74) is 0.713. The van der Waals surface area contributed by atoms with Crippen LogP contribution in [0, 0.1) is 0 Å². The van der Waals surface area contributed by atoms with E-state index in [9.17, 15) is 4.79 Å². The van der Waals surface area contributed by atoms with Gasteiger partial charge in [0, 0.05) is 17.3 Å². The Morgan fingerprint density at radius 3 is 2.84 bits per heavy atom. The predicted molar refractivity (Wildman–Crippen MR) is 74.3 cm³/mol. The minimum atomic E-state index is -0.113. The van der Waals surface area contributed by atoms with Crippen molar-refractivity contribution in [2.45, 2.75) is 18.6 Å². The number of carbonyl (C=O) groups excluding carboxylic acids is 1. The van der Waals surface area contributed by atoms with Crippen LogP contribution >= 0.6 is 23.4 Å². The molecule has 1 aromatic carbocycles. The van der Waals surface area contributed by atoms with Crippen molar-refractivity contribution in [3.05, 3.63) is 29.3 Å². The second kappa shape index (κ2) is 6.53. The standard InChI is InChI=1S/C11H12ClN5OS/c1-2-17-11(14-15-16-17)19-7-10(18)13-9-5-3-8(12)4-6-9/h3-6H,2,7H2,1H3,(H,13,18). The van der Waals surface area contributed by atoms with Crippen LogP contribution in [0.4, 0.5) is 5.69 Å². The average molecular weight is 298 g/mol. The molecule has 1 aromatic heterocycles. The number of halogens is 1. The van der Waals surface area contributed by atoms with E-state index in [1.165, 1.54) is 11.8 Å². The van der Waals surface area contributed by atoms with Crippen molar-refractivity contribution in [3.63, 3.8) is 0 Å². The van der Waals surface area contributed by atoms with E-state index >= 15 is 0 Å². The molecule has 0 aliphatic rings. The highest BCUT2D eigenvalue weighted by Crippen LogP contribution is 2.16. The van der Waals surface area contributed by atoms with E-state index in [0.29, 0.717) is 22.4 Å². The Morgan fingerprint density at radius 2 is 2.16 bits per heavy atom. The first-order chi connectivity index (χ1) is 9.19. The van der Waals surface area contributed by atoms with Crippen LogP contribution in [0.5, 0.6) is 0 Å². The molecule has 0 unspecified atom stereocenters. The first kappa shape index (κ1) is 13.8. The van der Waals surface area contributed by atoms with Gasteiger partial charge in [-0.1, -0.05) is 23.4 Å². The normalized spacial score (nSPS) is 10.4. The molecule has 19 heavy (non-hydrogen) atoms. The Balaban J connectivity index is 1.86. The first-order valence-electron chi connectivity index (χ1n) is 5.63. The fourth-order valence-electron chi connectivity index (χ4n) is 1.36. The number of anilines is 1. The minimum Gasteiger partial charge on any atom is -0.325 e. The number of aromatic nitrogens is 4. The topological polar surface area (TPSA) is 72.7 Å². The van der Waals surface area contributed by atoms with E-state index in [1.54, 1.807) is 28.9 Å². The highest BCUT2D eigenvalue weighted by atomic mass is 35.5. The molecule has 0 bridgehead atoms. The Morgan fingerprint density at radius 1 is 1.42 bits per heavy atom. The van der Waals surface area contributed by atoms with Gasteiger partial charge in [0.15, 0.2) is 0 Å². The number of carbonyl (C=O) groups is 1. The summed E-state index contributed by atoms with van der Waals surface area (Å²) < 4.78 is 1.64. The fraction of sp³-hybridized carbons (Fsp3) is 0.273. The quantitative estimate of drug-likeness (QED) is 0.855. The van der Waals surface area contributed by atoms with Gasteiger partial charge in [-0.3, -0.25) is 4.79 Å². The third-order valence-corrected chi connectivity index (χ3v) is 3.47. The monoisotopic (exact) mass is 297 g/mol. The minimum absolute atomic E-state index is 0.113. The van der Waals surface area contributed by atoms with E-state index in [2.05, 4.69) is 20.8 Å². The summed E-state index contributed by atoms with van der Waals surface area (Å²) in [4.78, 5) is 11.7. The number of thioether (sulfide) groups is 1. The van der Waals surface area contributed by atoms with Crippen LogP contribution in [0.2, 0.25) is 5.02 Å². The van der Waals surface area contributed by atoms with Gasteiger partial charge >= 0.3 is 0 Å². The second-order valence-corrected chi connectivity index (χ2v) is 5.00. The Bertz CT molecular complexity index is 556. The maximum atomic E-state index is 11.7. The summed E-state index contributed by atoms with van der Waals surface area (Å²) >= 11 is 7.07. The third-order valence-electron chi connectivity index (χ3n) is 2.26. The summed E-state index contributed by atoms with van der Waals surface area (Å²) in [7, 11) is 0. The number of aryl methyl sites for hydroxylation is 1. The van der Waals surface area contributed by atoms with Crippen LogP contribution in [0.15, 0.2) is 29.4 Å². The molecule has 0 atom stereocenters. The van der Waals surface area contributed by atoms with Crippen LogP contribution in [0.1, 0.15) is 6.92 Å². The average Bonchev–Trinajstić information content (AvgIpc) is 2.86. The number of amides is 1. The number of rotatable bonds is 5. The Labute approximate surface area is 119 Å². The predicted octanol–water partition coefficient (Wildman–Crippen LogP) is 2.08. The van der Waals surface area contributed by atoms with E-state index in [1.807, 2.05) is 6.92 Å². The number of nitrogens with zero attached hydrogens (tertiary/aromatic N) is 4. The lowest BCUT2D eigenvalue weighted by Gasteiger charge is -2.04. The van der Waals surface area contributed by atoms with Gasteiger partial charge < -0.3 is 5.32 Å². The van der Waals surface area contributed by atoms with Crippen LogP contribution in [-0.2, 0) is 11.3 Å². The first-order valence-corrected chi connectivity index (χ1v) is 6.99. The van der Waals surface area contributed by atoms with Gasteiger partial charge in [0.2, 0.25) is 11.1 Å². The molecular weight excluding hydrogens is 286 g/mol. The van der Waals surface area contributed by atoms with Gasteiger partial charge in [0.05, 0.1) is 5.75 Å². The van der Waals surface area contributed by atoms with Crippen LogP contribution in [0.3, 0.4) is 0 Å². The summed E-state index contributed by atoms with van der Waals surface area (Å²) in [5, 5.41) is 15.2. The molecule has 0 aliphatic carbocycles. The van der Waals surface area contributed by atoms with Gasteiger partial charge in [-0.2, -0.15) is 0 Å². The summed E-state index contributed by atoms with van der Waals surface area (Å²) in [6, 6.07) is 6.95. The Hall–Kier alpha value is -1.60. The summed E-state index contributed by atoms with van der Waals surface area (Å²) in [5.74, 6) is 0.140. The van der Waals surface area contributed by atoms with Crippen molar-refractivity contribution < 1.29 is 4.79 Å². The third kappa shape index (κ3) is 3.93. The molecule has 0 fully saturated rings. The molecular formula is C11H12ClN5OS. The maximum absolute atomic E-state index is 11.7. The lowest BCUT2D eigenvalue weighted by molar-refractivity contribution is -0.113. The molecule has 0 radical (unpaired) electrons. The number of tetrazole rings is 1. The second-order valence-electron chi connectivity index (χ2n) is 3.62. The zero-order chi connectivity index (χ0) is 13.7. The van der Waals surface area contributed by atoms with Crippen molar-refractivity contribution in [1.82, 2.24) is 20.2 Å². The van der Waals surface area contributed by atoms with E-state index in [0.717, 1.165) is 0 Å². The molecule has 0 saturated carbocycles. The van der Waals surface area contributed by atoms with Gasteiger partial charge in [-0.05, 0) is 41.6 Å². The van der Waals surface area contributed by atoms with Gasteiger partial charge in [0.1, 0.15) is 0 Å². The van der Waals surface area contributed by atoms with E-state index in [4.69, 9.17) is 11.6 Å². The van der Waals surface area contributed by atoms with Gasteiger partial charge in [-0.25, -0.2) is 4.68 Å². The maximum Gasteiger partial charge on any atom is 0.234 e. The van der Waals surface area contributed by atoms with Crippen LogP contribution < -0.4 is 5.32 Å². The lowest BCUT2D eigenvalue weighted by Crippen LogP contribution is -2.14. The highest BCUT2D eigenvalue weighted by molar-refractivity contribution is 7.99. The van der Waals surface area contributed by atoms with Crippen molar-refractivity contribution >= 4 is 35.0 Å². The molecule has 6 nitrogen and oxygen atoms in total. The number of hydrogen-bond acceptors (Lipinski definition) is 5. The molecule has 2 rings (SSSR count). The lowest BCUT2D eigenvalue weighted by atomic mass is 10.3. The van der Waals surface area contributed by atoms with E-state index < -0.39 is 0 Å². The fourth-order valence-corrected chi connectivity index (χ4v) is 2.23. The van der Waals surface area contributed by atoms with Gasteiger partial charge in [0.25, 0.3) is 0 Å². The molecule has 1 heterocycles. The molecule has 0 saturated heterocycles. The SMILES string of the molecule is CCn1nnnc1SCC(=O)Nc1ccc(Cl)cc1. The van der Waals surface area contributed by atoms with E-state index in [-0.39, 0.29) is 11.7 Å². The molecule has 1 N–H and O–H groups in total. The van der Waals surface area contributed by atoms with Gasteiger partial charge in [-0.15, -0.1) is 5.10 Å². The molecule has 1 amide bonds. The molecule has 0 aliphatic heterocycles. The highest BCUT2D eigenvalue weighted by Gasteiger charge is 2.09. The molecule has 100 valence electrons. The van der Waals surface area contributed by atoms with Crippen LogP contribution in [-0.4, -0.2) is 31.9 Å². The molecule has 0 spiro atoms. The number of benzene rings is 1.